The molecule has 0 amide bonds. The lowest BCUT2D eigenvalue weighted by Gasteiger charge is -2.15. The van der Waals surface area contributed by atoms with Gasteiger partial charge in [-0.1, -0.05) is 0 Å². The van der Waals surface area contributed by atoms with Crippen molar-refractivity contribution in [3.05, 3.63) is 75.3 Å². The number of phenolic OH excluding ortho intramolecular Hbond substituents is 2. The van der Waals surface area contributed by atoms with Crippen molar-refractivity contribution < 1.29 is 10.2 Å². The molecule has 0 heterocycles. The Labute approximate surface area is 171 Å². The van der Waals surface area contributed by atoms with E-state index in [1.807, 2.05) is 27.7 Å². The minimum absolute atomic E-state index is 0.323. The molecule has 0 aliphatic carbocycles. The molecule has 0 unspecified atom stereocenters. The second-order valence-electron chi connectivity index (χ2n) is 7.80. The van der Waals surface area contributed by atoms with Crippen LogP contribution in [0.25, 0.3) is 0 Å². The summed E-state index contributed by atoms with van der Waals surface area (Å²) in [5.41, 5.74) is 7.45. The van der Waals surface area contributed by atoms with Gasteiger partial charge in [-0.3, -0.25) is 0 Å². The van der Waals surface area contributed by atoms with Crippen LogP contribution in [0.2, 0.25) is 0 Å². The van der Waals surface area contributed by atoms with Crippen molar-refractivity contribution in [3.8, 4) is 11.5 Å². The lowest BCUT2D eigenvalue weighted by molar-refractivity contribution is 0.466. The van der Waals surface area contributed by atoms with Crippen LogP contribution in [0.3, 0.4) is 0 Å². The third-order valence-corrected chi connectivity index (χ3v) is 7.66. The van der Waals surface area contributed by atoms with Gasteiger partial charge >= 0.3 is 0 Å². The molecule has 0 saturated heterocycles. The van der Waals surface area contributed by atoms with Crippen LogP contribution in [0.1, 0.15) is 38.9 Å². The Hall–Kier alpha value is -2.39. The molecule has 0 fully saturated rings. The van der Waals surface area contributed by atoms with Gasteiger partial charge in [0.1, 0.15) is 11.5 Å². The first-order chi connectivity index (χ1) is 13.1. The Morgan fingerprint density at radius 3 is 1.00 bits per heavy atom. The second kappa shape index (κ2) is 7.56. The van der Waals surface area contributed by atoms with E-state index in [-0.39, 0.29) is 10.9 Å². The molecule has 3 aromatic carbocycles. The molecule has 2 nitrogen and oxygen atoms in total. The average Bonchev–Trinajstić information content (AvgIpc) is 2.62. The lowest BCUT2D eigenvalue weighted by Crippen LogP contribution is -2.08. The zero-order chi connectivity index (χ0) is 20.7. The maximum Gasteiger partial charge on any atom is 0.167 e. The topological polar surface area (TPSA) is 40.5 Å². The van der Waals surface area contributed by atoms with Gasteiger partial charge < -0.3 is 10.2 Å². The number of rotatable bonds is 3. The molecule has 0 saturated carbocycles. The SMILES string of the molecule is Cc1cc([S+](c2cc(C)c(O)c(C)c2)c2cc(C)c(O)c(C)c2)cc(C)c1C. The molecular formula is C25H29O2S+. The van der Waals surface area contributed by atoms with Gasteiger partial charge in [-0.2, -0.15) is 0 Å². The fourth-order valence-corrected chi connectivity index (χ4v) is 6.17. The van der Waals surface area contributed by atoms with Gasteiger partial charge in [-0.05, 0) is 99.5 Å². The number of aryl methyl sites for hydroxylation is 6. The molecule has 0 aliphatic heterocycles. The van der Waals surface area contributed by atoms with Gasteiger partial charge in [0, 0.05) is 24.3 Å². The first kappa shape index (κ1) is 20.3. The molecule has 0 atom stereocenters. The van der Waals surface area contributed by atoms with Crippen LogP contribution >= 0.6 is 0 Å². The quantitative estimate of drug-likeness (QED) is 0.509. The Morgan fingerprint density at radius 2 is 0.714 bits per heavy atom. The van der Waals surface area contributed by atoms with Crippen molar-refractivity contribution >= 4 is 10.9 Å². The highest BCUT2D eigenvalue weighted by molar-refractivity contribution is 7.97. The summed E-state index contributed by atoms with van der Waals surface area (Å²) in [7, 11) is -0.323. The van der Waals surface area contributed by atoms with Gasteiger partial charge in [-0.15, -0.1) is 0 Å². The van der Waals surface area contributed by atoms with Crippen molar-refractivity contribution in [1.82, 2.24) is 0 Å². The van der Waals surface area contributed by atoms with Gasteiger partial charge in [0.05, 0.1) is 10.9 Å². The molecule has 0 aromatic heterocycles. The lowest BCUT2D eigenvalue weighted by atomic mass is 10.1. The molecular weight excluding hydrogens is 364 g/mol. The van der Waals surface area contributed by atoms with Gasteiger partial charge in [-0.25, -0.2) is 0 Å². The molecule has 3 rings (SSSR count). The third kappa shape index (κ3) is 3.64. The molecule has 2 N–H and O–H groups in total. The number of phenols is 2. The van der Waals surface area contributed by atoms with E-state index in [1.165, 1.54) is 31.4 Å². The summed E-state index contributed by atoms with van der Waals surface area (Å²) in [4.78, 5) is 3.62. The third-order valence-electron chi connectivity index (χ3n) is 5.54. The number of hydrogen-bond donors (Lipinski definition) is 2. The van der Waals surface area contributed by atoms with E-state index < -0.39 is 0 Å². The van der Waals surface area contributed by atoms with E-state index in [1.54, 1.807) is 0 Å². The summed E-state index contributed by atoms with van der Waals surface area (Å²) >= 11 is 0. The molecule has 28 heavy (non-hydrogen) atoms. The van der Waals surface area contributed by atoms with Crippen LogP contribution in [0.15, 0.2) is 51.1 Å². The van der Waals surface area contributed by atoms with E-state index in [4.69, 9.17) is 0 Å². The molecule has 3 heteroatoms. The van der Waals surface area contributed by atoms with Crippen molar-refractivity contribution in [2.45, 2.75) is 63.2 Å². The summed E-state index contributed by atoms with van der Waals surface area (Å²) in [5.74, 6) is 0.725. The highest BCUT2D eigenvalue weighted by atomic mass is 32.2. The summed E-state index contributed by atoms with van der Waals surface area (Å²) in [5, 5.41) is 20.5. The van der Waals surface area contributed by atoms with E-state index in [2.05, 4.69) is 57.2 Å². The van der Waals surface area contributed by atoms with Gasteiger partial charge in [0.25, 0.3) is 0 Å². The molecule has 0 radical (unpaired) electrons. The van der Waals surface area contributed by atoms with Crippen LogP contribution in [-0.4, -0.2) is 10.2 Å². The van der Waals surface area contributed by atoms with Crippen molar-refractivity contribution in [2.24, 2.45) is 0 Å². The summed E-state index contributed by atoms with van der Waals surface area (Å²) in [6.07, 6.45) is 0. The fraction of sp³-hybridized carbons (Fsp3) is 0.280. The van der Waals surface area contributed by atoms with Gasteiger partial charge in [0.15, 0.2) is 14.7 Å². The first-order valence-electron chi connectivity index (χ1n) is 9.52. The fourth-order valence-electron chi connectivity index (χ4n) is 3.59. The Balaban J connectivity index is 2.32. The van der Waals surface area contributed by atoms with E-state index in [9.17, 15) is 10.2 Å². The van der Waals surface area contributed by atoms with Gasteiger partial charge in [0.2, 0.25) is 0 Å². The predicted octanol–water partition coefficient (Wildman–Crippen LogP) is 6.35. The van der Waals surface area contributed by atoms with E-state index in [0.717, 1.165) is 22.3 Å². The van der Waals surface area contributed by atoms with E-state index in [0.29, 0.717) is 11.5 Å². The summed E-state index contributed by atoms with van der Waals surface area (Å²) in [6.45, 7) is 14.3. The van der Waals surface area contributed by atoms with Crippen molar-refractivity contribution in [2.75, 3.05) is 0 Å². The molecule has 0 bridgehead atoms. The average molecular weight is 394 g/mol. The number of hydrogen-bond acceptors (Lipinski definition) is 2. The highest BCUT2D eigenvalue weighted by Crippen LogP contribution is 2.38. The predicted molar refractivity (Wildman–Crippen MR) is 118 cm³/mol. The smallest absolute Gasteiger partial charge is 0.167 e. The summed E-state index contributed by atoms with van der Waals surface area (Å²) < 4.78 is 0. The van der Waals surface area contributed by atoms with Crippen molar-refractivity contribution in [1.29, 1.82) is 0 Å². The highest BCUT2D eigenvalue weighted by Gasteiger charge is 2.31. The Kier molecular flexibility index (Phi) is 5.49. The van der Waals surface area contributed by atoms with Crippen LogP contribution in [0.5, 0.6) is 11.5 Å². The maximum absolute atomic E-state index is 10.3. The number of benzene rings is 3. The summed E-state index contributed by atoms with van der Waals surface area (Å²) in [6, 6.07) is 12.9. The zero-order valence-electron chi connectivity index (χ0n) is 17.8. The normalized spacial score (nSPS) is 11.3. The number of aromatic hydroxyl groups is 2. The monoisotopic (exact) mass is 393 g/mol. The minimum Gasteiger partial charge on any atom is -0.507 e. The maximum atomic E-state index is 10.3. The van der Waals surface area contributed by atoms with Crippen LogP contribution in [0, 0.1) is 48.5 Å². The molecule has 146 valence electrons. The van der Waals surface area contributed by atoms with Crippen LogP contribution in [-0.2, 0) is 10.9 Å². The second-order valence-corrected chi connectivity index (χ2v) is 9.83. The minimum atomic E-state index is -0.323. The molecule has 3 aromatic rings. The zero-order valence-corrected chi connectivity index (χ0v) is 18.6. The van der Waals surface area contributed by atoms with Crippen molar-refractivity contribution in [3.63, 3.8) is 0 Å². The van der Waals surface area contributed by atoms with Crippen LogP contribution < -0.4 is 0 Å². The molecule has 0 aliphatic rings. The van der Waals surface area contributed by atoms with Crippen LogP contribution in [0.4, 0.5) is 0 Å². The largest absolute Gasteiger partial charge is 0.507 e. The first-order valence-corrected chi connectivity index (χ1v) is 10.7. The molecule has 0 spiro atoms. The standard InChI is InChI=1S/C25H28O2S/c1-14-8-21(9-15(2)20(14)7)28(22-10-16(3)24(26)17(4)11-22)23-12-18(5)25(27)19(6)13-23/h8-13H,1-7H3,(H-,26,27)/p+1. The Bertz CT molecular complexity index is 860. The van der Waals surface area contributed by atoms with E-state index >= 15 is 0 Å². The Morgan fingerprint density at radius 1 is 0.464 bits per heavy atom.